The lowest BCUT2D eigenvalue weighted by Crippen LogP contribution is -2.33. The second-order valence-electron chi connectivity index (χ2n) is 5.75. The molecule has 2 rings (SSSR count). The Hall–Kier alpha value is -2.83. The standard InChI is InChI=1S/C19H26N4O3/c1-5-11-23(12-6-2)18(24)15-9-10-20-19(22-15)21-14-7-8-16(25-3)17(13-14)26-4/h7-10,13H,5-6,11-12H2,1-4H3,(H,20,21,22). The van der Waals surface area contributed by atoms with Gasteiger partial charge >= 0.3 is 0 Å². The van der Waals surface area contributed by atoms with Gasteiger partial charge in [-0.15, -0.1) is 0 Å². The number of benzene rings is 1. The van der Waals surface area contributed by atoms with E-state index < -0.39 is 0 Å². The van der Waals surface area contributed by atoms with Crippen LogP contribution < -0.4 is 14.8 Å². The molecule has 0 radical (unpaired) electrons. The number of aromatic nitrogens is 2. The van der Waals surface area contributed by atoms with Crippen LogP contribution in [0.3, 0.4) is 0 Å². The van der Waals surface area contributed by atoms with Crippen LogP contribution in [0, 0.1) is 0 Å². The van der Waals surface area contributed by atoms with Crippen molar-refractivity contribution in [3.63, 3.8) is 0 Å². The summed E-state index contributed by atoms with van der Waals surface area (Å²) in [5.41, 5.74) is 1.12. The van der Waals surface area contributed by atoms with Crippen LogP contribution in [0.25, 0.3) is 0 Å². The van der Waals surface area contributed by atoms with Gasteiger partial charge < -0.3 is 19.7 Å². The van der Waals surface area contributed by atoms with Gasteiger partial charge in [0.05, 0.1) is 14.2 Å². The third-order valence-corrected chi connectivity index (χ3v) is 3.79. The van der Waals surface area contributed by atoms with E-state index in [0.717, 1.165) is 31.6 Å². The van der Waals surface area contributed by atoms with Crippen LogP contribution in [0.1, 0.15) is 37.2 Å². The Morgan fingerprint density at radius 3 is 2.38 bits per heavy atom. The predicted octanol–water partition coefficient (Wildman–Crippen LogP) is 3.50. The van der Waals surface area contributed by atoms with Crippen LogP contribution in [0.2, 0.25) is 0 Å². The van der Waals surface area contributed by atoms with Gasteiger partial charge in [-0.1, -0.05) is 13.8 Å². The van der Waals surface area contributed by atoms with Crippen LogP contribution in [-0.4, -0.2) is 48.1 Å². The lowest BCUT2D eigenvalue weighted by molar-refractivity contribution is 0.0749. The third kappa shape index (κ3) is 4.84. The Morgan fingerprint density at radius 2 is 1.77 bits per heavy atom. The Bertz CT molecular complexity index is 730. The van der Waals surface area contributed by atoms with Crippen molar-refractivity contribution >= 4 is 17.5 Å². The van der Waals surface area contributed by atoms with Crippen LogP contribution in [0.15, 0.2) is 30.5 Å². The number of amides is 1. The molecule has 0 atom stereocenters. The molecule has 0 bridgehead atoms. The first-order valence-electron chi connectivity index (χ1n) is 8.74. The van der Waals surface area contributed by atoms with Crippen LogP contribution in [0.5, 0.6) is 11.5 Å². The highest BCUT2D eigenvalue weighted by molar-refractivity contribution is 5.92. The first-order chi connectivity index (χ1) is 12.6. The van der Waals surface area contributed by atoms with E-state index in [-0.39, 0.29) is 5.91 Å². The monoisotopic (exact) mass is 358 g/mol. The summed E-state index contributed by atoms with van der Waals surface area (Å²) >= 11 is 0. The quantitative estimate of drug-likeness (QED) is 0.739. The number of carbonyl (C=O) groups excluding carboxylic acids is 1. The number of nitrogens with zero attached hydrogens (tertiary/aromatic N) is 3. The summed E-state index contributed by atoms with van der Waals surface area (Å²) in [6.07, 6.45) is 3.40. The van der Waals surface area contributed by atoms with Gasteiger partial charge in [0.25, 0.3) is 5.91 Å². The molecule has 1 heterocycles. The van der Waals surface area contributed by atoms with Crippen molar-refractivity contribution in [1.82, 2.24) is 14.9 Å². The number of nitrogens with one attached hydrogen (secondary N) is 1. The van der Waals surface area contributed by atoms with Gasteiger partial charge in [-0.05, 0) is 31.0 Å². The second kappa shape index (κ2) is 9.60. The minimum absolute atomic E-state index is 0.0774. The van der Waals surface area contributed by atoms with E-state index in [4.69, 9.17) is 9.47 Å². The van der Waals surface area contributed by atoms with Crippen molar-refractivity contribution in [2.75, 3.05) is 32.6 Å². The van der Waals surface area contributed by atoms with Gasteiger partial charge in [0, 0.05) is 31.0 Å². The Labute approximate surface area is 154 Å². The molecule has 26 heavy (non-hydrogen) atoms. The Kier molecular flexibility index (Phi) is 7.20. The SMILES string of the molecule is CCCN(CCC)C(=O)c1ccnc(Nc2ccc(OC)c(OC)c2)n1. The van der Waals surface area contributed by atoms with E-state index in [2.05, 4.69) is 29.1 Å². The average Bonchev–Trinajstić information content (AvgIpc) is 2.67. The van der Waals surface area contributed by atoms with Crippen molar-refractivity contribution in [1.29, 1.82) is 0 Å². The fourth-order valence-corrected chi connectivity index (χ4v) is 2.60. The summed E-state index contributed by atoms with van der Waals surface area (Å²) in [6, 6.07) is 7.05. The van der Waals surface area contributed by atoms with E-state index in [0.29, 0.717) is 23.1 Å². The van der Waals surface area contributed by atoms with E-state index in [1.54, 1.807) is 38.6 Å². The van der Waals surface area contributed by atoms with Crippen molar-refractivity contribution in [2.24, 2.45) is 0 Å². The summed E-state index contributed by atoms with van der Waals surface area (Å²) in [6.45, 7) is 5.55. The molecule has 0 saturated heterocycles. The molecule has 0 spiro atoms. The molecule has 0 aliphatic heterocycles. The highest BCUT2D eigenvalue weighted by Crippen LogP contribution is 2.30. The van der Waals surface area contributed by atoms with Crippen molar-refractivity contribution < 1.29 is 14.3 Å². The van der Waals surface area contributed by atoms with Gasteiger partial charge in [-0.25, -0.2) is 9.97 Å². The molecular weight excluding hydrogens is 332 g/mol. The van der Waals surface area contributed by atoms with E-state index in [9.17, 15) is 4.79 Å². The molecule has 0 aliphatic rings. The highest BCUT2D eigenvalue weighted by Gasteiger charge is 2.16. The molecule has 7 nitrogen and oxygen atoms in total. The Balaban J connectivity index is 2.19. The number of hydrogen-bond acceptors (Lipinski definition) is 6. The normalized spacial score (nSPS) is 10.3. The number of hydrogen-bond donors (Lipinski definition) is 1. The summed E-state index contributed by atoms with van der Waals surface area (Å²) in [5, 5.41) is 3.10. The topological polar surface area (TPSA) is 76.6 Å². The summed E-state index contributed by atoms with van der Waals surface area (Å²) in [4.78, 5) is 23.1. The van der Waals surface area contributed by atoms with Gasteiger partial charge in [-0.2, -0.15) is 0 Å². The molecular formula is C19H26N4O3. The molecule has 1 aromatic carbocycles. The van der Waals surface area contributed by atoms with E-state index >= 15 is 0 Å². The molecule has 0 aliphatic carbocycles. The third-order valence-electron chi connectivity index (χ3n) is 3.79. The largest absolute Gasteiger partial charge is 0.493 e. The number of anilines is 2. The molecule has 1 aromatic heterocycles. The van der Waals surface area contributed by atoms with Crippen LogP contribution in [-0.2, 0) is 0 Å². The van der Waals surface area contributed by atoms with E-state index in [1.807, 2.05) is 11.0 Å². The number of carbonyl (C=O) groups is 1. The molecule has 7 heteroatoms. The molecule has 1 amide bonds. The van der Waals surface area contributed by atoms with Gasteiger partial charge in [0.15, 0.2) is 11.5 Å². The Morgan fingerprint density at radius 1 is 1.08 bits per heavy atom. The summed E-state index contributed by atoms with van der Waals surface area (Å²) in [7, 11) is 3.16. The summed E-state index contributed by atoms with van der Waals surface area (Å²) < 4.78 is 10.5. The number of ether oxygens (including phenoxy) is 2. The highest BCUT2D eigenvalue weighted by atomic mass is 16.5. The van der Waals surface area contributed by atoms with Crippen LogP contribution in [0.4, 0.5) is 11.6 Å². The lowest BCUT2D eigenvalue weighted by Gasteiger charge is -2.21. The summed E-state index contributed by atoms with van der Waals surface area (Å²) in [5.74, 6) is 1.52. The second-order valence-corrected chi connectivity index (χ2v) is 5.75. The smallest absolute Gasteiger partial charge is 0.272 e. The van der Waals surface area contributed by atoms with Gasteiger partial charge in [-0.3, -0.25) is 4.79 Å². The minimum atomic E-state index is -0.0774. The van der Waals surface area contributed by atoms with E-state index in [1.165, 1.54) is 0 Å². The lowest BCUT2D eigenvalue weighted by atomic mass is 10.2. The number of rotatable bonds is 9. The average molecular weight is 358 g/mol. The van der Waals surface area contributed by atoms with Gasteiger partial charge in [0.2, 0.25) is 5.95 Å². The zero-order chi connectivity index (χ0) is 18.9. The molecule has 2 aromatic rings. The number of methoxy groups -OCH3 is 2. The maximum atomic E-state index is 12.7. The molecule has 140 valence electrons. The first-order valence-corrected chi connectivity index (χ1v) is 8.74. The molecule has 0 fully saturated rings. The van der Waals surface area contributed by atoms with Crippen LogP contribution >= 0.6 is 0 Å². The fourth-order valence-electron chi connectivity index (χ4n) is 2.60. The van der Waals surface area contributed by atoms with Crippen molar-refractivity contribution in [3.8, 4) is 11.5 Å². The van der Waals surface area contributed by atoms with Gasteiger partial charge in [0.1, 0.15) is 5.69 Å². The first kappa shape index (κ1) is 19.5. The molecule has 1 N–H and O–H groups in total. The van der Waals surface area contributed by atoms with Crippen molar-refractivity contribution in [3.05, 3.63) is 36.2 Å². The zero-order valence-corrected chi connectivity index (χ0v) is 15.8. The maximum Gasteiger partial charge on any atom is 0.272 e. The fraction of sp³-hybridized carbons (Fsp3) is 0.421. The zero-order valence-electron chi connectivity index (χ0n) is 15.8. The maximum absolute atomic E-state index is 12.7. The van der Waals surface area contributed by atoms with Crippen molar-refractivity contribution in [2.45, 2.75) is 26.7 Å². The predicted molar refractivity (Wildman–Crippen MR) is 101 cm³/mol. The minimum Gasteiger partial charge on any atom is -0.493 e. The molecule has 0 saturated carbocycles. The molecule has 0 unspecified atom stereocenters.